The average molecular weight is 254 g/mol. The first-order chi connectivity index (χ1) is 8.70. The Balaban J connectivity index is 1.80. The fourth-order valence-electron chi connectivity index (χ4n) is 3.16. The smallest absolute Gasteiger partial charge is 0.226 e. The fraction of sp³-hybridized carbons (Fsp3) is 0.929. The Bertz CT molecular complexity index is 275. The highest BCUT2D eigenvalue weighted by Crippen LogP contribution is 2.22. The van der Waals surface area contributed by atoms with Gasteiger partial charge in [0.15, 0.2) is 0 Å². The standard InChI is InChI=1S/C14H26N2O2/c1-11-7-13(9-15-8-11)14(17)16-5-3-12(4-6-16)10-18-2/h11-13,15H,3-10H2,1-2H3. The summed E-state index contributed by atoms with van der Waals surface area (Å²) >= 11 is 0. The molecule has 2 fully saturated rings. The summed E-state index contributed by atoms with van der Waals surface area (Å²) in [4.78, 5) is 14.5. The predicted molar refractivity (Wildman–Crippen MR) is 71.3 cm³/mol. The van der Waals surface area contributed by atoms with Gasteiger partial charge in [-0.1, -0.05) is 6.92 Å². The van der Waals surface area contributed by atoms with Crippen molar-refractivity contribution in [2.75, 3.05) is 39.9 Å². The zero-order chi connectivity index (χ0) is 13.0. The Morgan fingerprint density at radius 3 is 2.67 bits per heavy atom. The molecule has 4 heteroatoms. The van der Waals surface area contributed by atoms with Crippen molar-refractivity contribution < 1.29 is 9.53 Å². The Morgan fingerprint density at radius 1 is 1.33 bits per heavy atom. The third-order valence-electron chi connectivity index (χ3n) is 4.25. The maximum Gasteiger partial charge on any atom is 0.226 e. The highest BCUT2D eigenvalue weighted by atomic mass is 16.5. The highest BCUT2D eigenvalue weighted by Gasteiger charge is 2.30. The molecule has 104 valence electrons. The maximum atomic E-state index is 12.4. The van der Waals surface area contributed by atoms with Crippen LogP contribution in [0.25, 0.3) is 0 Å². The Kier molecular flexibility index (Phi) is 5.01. The molecule has 2 rings (SSSR count). The van der Waals surface area contributed by atoms with E-state index in [1.807, 2.05) is 0 Å². The summed E-state index contributed by atoms with van der Waals surface area (Å²) in [5.41, 5.74) is 0. The van der Waals surface area contributed by atoms with Gasteiger partial charge in [0.1, 0.15) is 0 Å². The van der Waals surface area contributed by atoms with Crippen molar-refractivity contribution in [1.29, 1.82) is 0 Å². The first-order valence-electron chi connectivity index (χ1n) is 7.19. The van der Waals surface area contributed by atoms with Crippen LogP contribution in [0.4, 0.5) is 0 Å². The summed E-state index contributed by atoms with van der Waals surface area (Å²) in [6.07, 6.45) is 3.23. The molecule has 0 aromatic carbocycles. The number of hydrogen-bond donors (Lipinski definition) is 1. The SMILES string of the molecule is COCC1CCN(C(=O)C2CNCC(C)C2)CC1. The molecule has 2 aliphatic rings. The van der Waals surface area contributed by atoms with Crippen LogP contribution < -0.4 is 5.32 Å². The van der Waals surface area contributed by atoms with E-state index in [1.54, 1.807) is 7.11 Å². The van der Waals surface area contributed by atoms with E-state index in [9.17, 15) is 4.79 Å². The summed E-state index contributed by atoms with van der Waals surface area (Å²) in [5.74, 6) is 1.83. The molecule has 1 N–H and O–H groups in total. The van der Waals surface area contributed by atoms with Crippen LogP contribution in [0.5, 0.6) is 0 Å². The topological polar surface area (TPSA) is 41.6 Å². The molecule has 2 aliphatic heterocycles. The molecule has 18 heavy (non-hydrogen) atoms. The van der Waals surface area contributed by atoms with Gasteiger partial charge in [0.2, 0.25) is 5.91 Å². The monoisotopic (exact) mass is 254 g/mol. The maximum absolute atomic E-state index is 12.4. The van der Waals surface area contributed by atoms with Crippen molar-refractivity contribution in [3.8, 4) is 0 Å². The average Bonchev–Trinajstić information content (AvgIpc) is 2.39. The number of hydrogen-bond acceptors (Lipinski definition) is 3. The summed E-state index contributed by atoms with van der Waals surface area (Å²) in [6, 6.07) is 0. The van der Waals surface area contributed by atoms with Crippen molar-refractivity contribution >= 4 is 5.91 Å². The van der Waals surface area contributed by atoms with E-state index in [2.05, 4.69) is 17.1 Å². The number of carbonyl (C=O) groups excluding carboxylic acids is 1. The van der Waals surface area contributed by atoms with E-state index in [4.69, 9.17) is 4.74 Å². The van der Waals surface area contributed by atoms with Gasteiger partial charge in [-0.05, 0) is 37.6 Å². The number of rotatable bonds is 3. The van der Waals surface area contributed by atoms with E-state index >= 15 is 0 Å². The number of methoxy groups -OCH3 is 1. The van der Waals surface area contributed by atoms with Crippen LogP contribution >= 0.6 is 0 Å². The van der Waals surface area contributed by atoms with Gasteiger partial charge in [0.05, 0.1) is 5.92 Å². The Morgan fingerprint density at radius 2 is 2.06 bits per heavy atom. The number of nitrogens with one attached hydrogen (secondary N) is 1. The molecule has 0 spiro atoms. The van der Waals surface area contributed by atoms with Crippen LogP contribution in [0.2, 0.25) is 0 Å². The minimum absolute atomic E-state index is 0.202. The van der Waals surface area contributed by atoms with Crippen molar-refractivity contribution in [3.63, 3.8) is 0 Å². The number of nitrogens with zero attached hydrogens (tertiary/aromatic N) is 1. The molecule has 2 heterocycles. The number of carbonyl (C=O) groups is 1. The van der Waals surface area contributed by atoms with Crippen molar-refractivity contribution in [3.05, 3.63) is 0 Å². The van der Waals surface area contributed by atoms with E-state index in [0.717, 1.165) is 52.0 Å². The van der Waals surface area contributed by atoms with Crippen molar-refractivity contribution in [2.45, 2.75) is 26.2 Å². The third kappa shape index (κ3) is 3.45. The van der Waals surface area contributed by atoms with Crippen LogP contribution in [0.1, 0.15) is 26.2 Å². The Labute approximate surface area is 110 Å². The van der Waals surface area contributed by atoms with Crippen LogP contribution in [0.15, 0.2) is 0 Å². The predicted octanol–water partition coefficient (Wildman–Crippen LogP) is 1.12. The molecule has 2 atom stereocenters. The molecule has 0 aliphatic carbocycles. The van der Waals surface area contributed by atoms with Crippen LogP contribution in [0.3, 0.4) is 0 Å². The second-order valence-corrected chi connectivity index (χ2v) is 5.92. The zero-order valence-corrected chi connectivity index (χ0v) is 11.7. The molecule has 0 aromatic rings. The fourth-order valence-corrected chi connectivity index (χ4v) is 3.16. The molecular formula is C14H26N2O2. The lowest BCUT2D eigenvalue weighted by Crippen LogP contribution is -2.47. The lowest BCUT2D eigenvalue weighted by molar-refractivity contribution is -0.138. The summed E-state index contributed by atoms with van der Waals surface area (Å²) in [6.45, 7) is 6.80. The molecule has 0 bridgehead atoms. The van der Waals surface area contributed by atoms with Gasteiger partial charge in [0.25, 0.3) is 0 Å². The molecule has 0 radical (unpaired) electrons. The van der Waals surface area contributed by atoms with E-state index in [0.29, 0.717) is 17.7 Å². The Hall–Kier alpha value is -0.610. The minimum atomic E-state index is 0.202. The van der Waals surface area contributed by atoms with Gasteiger partial charge >= 0.3 is 0 Å². The van der Waals surface area contributed by atoms with Gasteiger partial charge in [0, 0.05) is 33.4 Å². The first kappa shape index (κ1) is 13.8. The molecule has 2 unspecified atom stereocenters. The van der Waals surface area contributed by atoms with Gasteiger partial charge in [-0.2, -0.15) is 0 Å². The van der Waals surface area contributed by atoms with Crippen LogP contribution in [0, 0.1) is 17.8 Å². The number of amides is 1. The molecule has 4 nitrogen and oxygen atoms in total. The second-order valence-electron chi connectivity index (χ2n) is 5.92. The first-order valence-corrected chi connectivity index (χ1v) is 7.19. The molecule has 1 amide bonds. The van der Waals surface area contributed by atoms with Gasteiger partial charge in [-0.15, -0.1) is 0 Å². The second kappa shape index (κ2) is 6.53. The zero-order valence-electron chi connectivity index (χ0n) is 11.7. The summed E-state index contributed by atoms with van der Waals surface area (Å²) < 4.78 is 5.19. The van der Waals surface area contributed by atoms with Gasteiger partial charge < -0.3 is 15.0 Å². The highest BCUT2D eigenvalue weighted by molar-refractivity contribution is 5.79. The van der Waals surface area contributed by atoms with E-state index in [1.165, 1.54) is 0 Å². The van der Waals surface area contributed by atoms with E-state index < -0.39 is 0 Å². The number of likely N-dealkylation sites (tertiary alicyclic amines) is 1. The lowest BCUT2D eigenvalue weighted by atomic mass is 9.89. The van der Waals surface area contributed by atoms with Crippen molar-refractivity contribution in [2.24, 2.45) is 17.8 Å². The molecule has 0 saturated carbocycles. The van der Waals surface area contributed by atoms with Gasteiger partial charge in [-0.25, -0.2) is 0 Å². The van der Waals surface area contributed by atoms with Crippen LogP contribution in [-0.4, -0.2) is 50.7 Å². The molecular weight excluding hydrogens is 228 g/mol. The van der Waals surface area contributed by atoms with Gasteiger partial charge in [-0.3, -0.25) is 4.79 Å². The summed E-state index contributed by atoms with van der Waals surface area (Å²) in [7, 11) is 1.76. The van der Waals surface area contributed by atoms with Crippen LogP contribution in [-0.2, 0) is 9.53 Å². The quantitative estimate of drug-likeness (QED) is 0.820. The van der Waals surface area contributed by atoms with Crippen molar-refractivity contribution in [1.82, 2.24) is 10.2 Å². The lowest BCUT2D eigenvalue weighted by Gasteiger charge is -2.36. The largest absolute Gasteiger partial charge is 0.384 e. The minimum Gasteiger partial charge on any atom is -0.384 e. The van der Waals surface area contributed by atoms with E-state index in [-0.39, 0.29) is 5.92 Å². The number of piperidine rings is 2. The number of ether oxygens (including phenoxy) is 1. The summed E-state index contributed by atoms with van der Waals surface area (Å²) in [5, 5.41) is 3.37. The molecule has 0 aromatic heterocycles. The third-order valence-corrected chi connectivity index (χ3v) is 4.25. The normalized spacial score (nSPS) is 30.4. The molecule has 2 saturated heterocycles.